The van der Waals surface area contributed by atoms with Crippen molar-refractivity contribution in [2.45, 2.75) is 13.5 Å². The lowest BCUT2D eigenvalue weighted by atomic mass is 10.3. The summed E-state index contributed by atoms with van der Waals surface area (Å²) in [6, 6.07) is 3.87. The van der Waals surface area contributed by atoms with Crippen LogP contribution in [0.25, 0.3) is 0 Å². The SMILES string of the molecule is CC(=O)c1csc(NCc2ccncc2)n1. The normalized spacial score (nSPS) is 10.1. The highest BCUT2D eigenvalue weighted by Gasteiger charge is 2.05. The van der Waals surface area contributed by atoms with E-state index in [1.165, 1.54) is 18.3 Å². The van der Waals surface area contributed by atoms with Crippen molar-refractivity contribution < 1.29 is 4.79 Å². The largest absolute Gasteiger partial charge is 0.357 e. The van der Waals surface area contributed by atoms with Gasteiger partial charge in [-0.3, -0.25) is 9.78 Å². The Morgan fingerprint density at radius 3 is 2.81 bits per heavy atom. The molecule has 0 saturated carbocycles. The van der Waals surface area contributed by atoms with E-state index >= 15 is 0 Å². The number of pyridine rings is 1. The third kappa shape index (κ3) is 2.64. The number of rotatable bonds is 4. The zero-order valence-corrected chi connectivity index (χ0v) is 9.62. The molecule has 0 atom stereocenters. The van der Waals surface area contributed by atoms with E-state index in [4.69, 9.17) is 0 Å². The number of anilines is 1. The number of hydrogen-bond donors (Lipinski definition) is 1. The van der Waals surface area contributed by atoms with Gasteiger partial charge in [0.2, 0.25) is 0 Å². The van der Waals surface area contributed by atoms with Gasteiger partial charge in [0.25, 0.3) is 0 Å². The van der Waals surface area contributed by atoms with Crippen molar-refractivity contribution in [3.05, 3.63) is 41.2 Å². The molecule has 0 aromatic carbocycles. The van der Waals surface area contributed by atoms with E-state index in [0.29, 0.717) is 12.2 Å². The van der Waals surface area contributed by atoms with Crippen LogP contribution in [0.5, 0.6) is 0 Å². The number of nitrogens with zero attached hydrogens (tertiary/aromatic N) is 2. The molecule has 4 nitrogen and oxygen atoms in total. The first-order chi connectivity index (χ1) is 7.75. The summed E-state index contributed by atoms with van der Waals surface area (Å²) in [4.78, 5) is 19.2. The first-order valence-electron chi connectivity index (χ1n) is 4.85. The van der Waals surface area contributed by atoms with Crippen LogP contribution in [0.1, 0.15) is 23.0 Å². The lowest BCUT2D eigenvalue weighted by Gasteiger charge is -2.01. The molecular weight excluding hydrogens is 222 g/mol. The minimum atomic E-state index is -0.00629. The van der Waals surface area contributed by atoms with Gasteiger partial charge in [-0.2, -0.15) is 0 Å². The van der Waals surface area contributed by atoms with Crippen LogP contribution < -0.4 is 5.32 Å². The summed E-state index contributed by atoms with van der Waals surface area (Å²) in [6.07, 6.45) is 3.50. The molecule has 2 aromatic heterocycles. The minimum Gasteiger partial charge on any atom is -0.357 e. The molecular formula is C11H11N3OS. The molecule has 0 aliphatic heterocycles. The lowest BCUT2D eigenvalue weighted by Crippen LogP contribution is -2.00. The zero-order chi connectivity index (χ0) is 11.4. The first kappa shape index (κ1) is 10.8. The van der Waals surface area contributed by atoms with E-state index in [0.717, 1.165) is 10.7 Å². The van der Waals surface area contributed by atoms with E-state index in [2.05, 4.69) is 15.3 Å². The zero-order valence-electron chi connectivity index (χ0n) is 8.80. The topological polar surface area (TPSA) is 54.9 Å². The van der Waals surface area contributed by atoms with Gasteiger partial charge in [-0.05, 0) is 17.7 Å². The van der Waals surface area contributed by atoms with Crippen molar-refractivity contribution in [1.82, 2.24) is 9.97 Å². The predicted molar refractivity (Wildman–Crippen MR) is 63.7 cm³/mol. The molecule has 0 aliphatic carbocycles. The van der Waals surface area contributed by atoms with Crippen molar-refractivity contribution in [3.8, 4) is 0 Å². The Morgan fingerprint density at radius 1 is 1.44 bits per heavy atom. The first-order valence-corrected chi connectivity index (χ1v) is 5.73. The second-order valence-corrected chi connectivity index (χ2v) is 4.16. The maximum absolute atomic E-state index is 11.0. The van der Waals surface area contributed by atoms with Crippen LogP contribution in [0.3, 0.4) is 0 Å². The quantitative estimate of drug-likeness (QED) is 0.824. The molecule has 82 valence electrons. The van der Waals surface area contributed by atoms with Gasteiger partial charge in [-0.1, -0.05) is 0 Å². The second kappa shape index (κ2) is 4.85. The molecule has 2 aromatic rings. The third-order valence-electron chi connectivity index (χ3n) is 2.06. The summed E-state index contributed by atoms with van der Waals surface area (Å²) >= 11 is 1.44. The third-order valence-corrected chi connectivity index (χ3v) is 2.86. The molecule has 2 heterocycles. The number of carbonyl (C=O) groups excluding carboxylic acids is 1. The minimum absolute atomic E-state index is 0.00629. The van der Waals surface area contributed by atoms with Crippen LogP contribution in [0.4, 0.5) is 5.13 Å². The van der Waals surface area contributed by atoms with Crippen LogP contribution in [0.2, 0.25) is 0 Å². The standard InChI is InChI=1S/C11H11N3OS/c1-8(15)10-7-16-11(14-10)13-6-9-2-4-12-5-3-9/h2-5,7H,6H2,1H3,(H,13,14). The van der Waals surface area contributed by atoms with E-state index in [1.807, 2.05) is 12.1 Å². The summed E-state index contributed by atoms with van der Waals surface area (Å²) in [6.45, 7) is 2.20. The Hall–Kier alpha value is -1.75. The van der Waals surface area contributed by atoms with Gasteiger partial charge >= 0.3 is 0 Å². The van der Waals surface area contributed by atoms with Crippen molar-refractivity contribution in [1.29, 1.82) is 0 Å². The monoisotopic (exact) mass is 233 g/mol. The van der Waals surface area contributed by atoms with E-state index in [1.54, 1.807) is 17.8 Å². The lowest BCUT2D eigenvalue weighted by molar-refractivity contribution is 0.101. The Morgan fingerprint density at radius 2 is 2.19 bits per heavy atom. The van der Waals surface area contributed by atoms with Crippen LogP contribution >= 0.6 is 11.3 Å². The molecule has 0 spiro atoms. The Balaban J connectivity index is 1.97. The summed E-state index contributed by atoms with van der Waals surface area (Å²) in [7, 11) is 0. The van der Waals surface area contributed by atoms with Crippen molar-refractivity contribution in [2.75, 3.05) is 5.32 Å². The molecule has 0 fully saturated rings. The fraction of sp³-hybridized carbons (Fsp3) is 0.182. The van der Waals surface area contributed by atoms with Crippen molar-refractivity contribution >= 4 is 22.3 Å². The molecule has 0 aliphatic rings. The molecule has 0 saturated heterocycles. The molecule has 0 radical (unpaired) electrons. The number of carbonyl (C=O) groups is 1. The van der Waals surface area contributed by atoms with E-state index in [9.17, 15) is 4.79 Å². The van der Waals surface area contributed by atoms with Crippen LogP contribution in [0.15, 0.2) is 29.9 Å². The molecule has 16 heavy (non-hydrogen) atoms. The van der Waals surface area contributed by atoms with Gasteiger partial charge in [-0.15, -0.1) is 11.3 Å². The Labute approximate surface area is 97.4 Å². The molecule has 1 N–H and O–H groups in total. The summed E-state index contributed by atoms with van der Waals surface area (Å²) in [5.41, 5.74) is 1.65. The van der Waals surface area contributed by atoms with E-state index < -0.39 is 0 Å². The summed E-state index contributed by atoms with van der Waals surface area (Å²) in [5, 5.41) is 5.69. The highest BCUT2D eigenvalue weighted by atomic mass is 32.1. The average Bonchev–Trinajstić information content (AvgIpc) is 2.76. The Bertz CT molecular complexity index is 481. The predicted octanol–water partition coefficient (Wildman–Crippen LogP) is 2.35. The number of thiazole rings is 1. The van der Waals surface area contributed by atoms with Crippen LogP contribution in [0, 0.1) is 0 Å². The van der Waals surface area contributed by atoms with Crippen LogP contribution in [-0.4, -0.2) is 15.8 Å². The smallest absolute Gasteiger partial charge is 0.183 e. The number of Topliss-reactive ketones (excluding diaryl/α,β-unsaturated/α-hetero) is 1. The number of ketones is 1. The molecule has 0 unspecified atom stereocenters. The summed E-state index contributed by atoms with van der Waals surface area (Å²) in [5.74, 6) is -0.00629. The van der Waals surface area contributed by atoms with Gasteiger partial charge in [0.05, 0.1) is 0 Å². The van der Waals surface area contributed by atoms with E-state index in [-0.39, 0.29) is 5.78 Å². The molecule has 0 amide bonds. The maximum atomic E-state index is 11.0. The van der Waals surface area contributed by atoms with Gasteiger partial charge in [0.15, 0.2) is 10.9 Å². The second-order valence-electron chi connectivity index (χ2n) is 3.30. The number of aromatic nitrogens is 2. The summed E-state index contributed by atoms with van der Waals surface area (Å²) < 4.78 is 0. The maximum Gasteiger partial charge on any atom is 0.183 e. The highest BCUT2D eigenvalue weighted by molar-refractivity contribution is 7.13. The fourth-order valence-electron chi connectivity index (χ4n) is 1.19. The van der Waals surface area contributed by atoms with Crippen molar-refractivity contribution in [2.24, 2.45) is 0 Å². The van der Waals surface area contributed by atoms with Gasteiger partial charge in [-0.25, -0.2) is 4.98 Å². The number of nitrogens with one attached hydrogen (secondary N) is 1. The van der Waals surface area contributed by atoms with Crippen LogP contribution in [-0.2, 0) is 6.54 Å². The fourth-order valence-corrected chi connectivity index (χ4v) is 1.94. The highest BCUT2D eigenvalue weighted by Crippen LogP contribution is 2.16. The number of hydrogen-bond acceptors (Lipinski definition) is 5. The van der Waals surface area contributed by atoms with Gasteiger partial charge in [0.1, 0.15) is 5.69 Å². The molecule has 2 rings (SSSR count). The molecule has 0 bridgehead atoms. The van der Waals surface area contributed by atoms with Gasteiger partial charge < -0.3 is 5.32 Å². The molecule has 5 heteroatoms. The average molecular weight is 233 g/mol. The van der Waals surface area contributed by atoms with Gasteiger partial charge in [0, 0.05) is 31.2 Å². The Kier molecular flexibility index (Phi) is 3.26. The van der Waals surface area contributed by atoms with Crippen molar-refractivity contribution in [3.63, 3.8) is 0 Å².